The first kappa shape index (κ1) is 19.4. The van der Waals surface area contributed by atoms with Gasteiger partial charge in [-0.1, -0.05) is 11.6 Å². The maximum Gasteiger partial charge on any atom is 0.342 e. The molecule has 1 aliphatic heterocycles. The summed E-state index contributed by atoms with van der Waals surface area (Å²) in [6.07, 6.45) is 7.49. The van der Waals surface area contributed by atoms with Gasteiger partial charge in [0.15, 0.2) is 0 Å². The largest absolute Gasteiger partial charge is 0.508 e. The lowest BCUT2D eigenvalue weighted by Crippen LogP contribution is -2.36. The van der Waals surface area contributed by atoms with Gasteiger partial charge < -0.3 is 15.3 Å². The molecular weight excluding hydrogens is 390 g/mol. The molecular formula is C21H22ClN5O2. The molecule has 3 heterocycles. The minimum Gasteiger partial charge on any atom is -0.508 e. The molecule has 1 aliphatic rings. The van der Waals surface area contributed by atoms with E-state index in [0.717, 1.165) is 30.8 Å². The number of carbonyl (C=O) groups is 1. The number of pyridine rings is 1. The highest BCUT2D eigenvalue weighted by molar-refractivity contribution is 6.31. The molecule has 29 heavy (non-hydrogen) atoms. The summed E-state index contributed by atoms with van der Waals surface area (Å²) in [6, 6.07) is 8.15. The maximum absolute atomic E-state index is 12.7. The number of nitrogens with one attached hydrogen (secondary N) is 1. The SMILES string of the molecule is O=C(NCCN1CCCC1)n1cc(-c2ccncc2)c(-c2cc(O)cc(Cl)c2)n1. The number of carbonyl (C=O) groups excluding carboxylic acids is 1. The molecule has 1 saturated heterocycles. The average Bonchev–Trinajstić information content (AvgIpc) is 3.38. The molecule has 150 valence electrons. The third kappa shape index (κ3) is 4.58. The van der Waals surface area contributed by atoms with Gasteiger partial charge in [-0.15, -0.1) is 0 Å². The van der Waals surface area contributed by atoms with E-state index in [1.165, 1.54) is 23.6 Å². The second kappa shape index (κ2) is 8.63. The van der Waals surface area contributed by atoms with Gasteiger partial charge in [-0.2, -0.15) is 9.78 Å². The smallest absolute Gasteiger partial charge is 0.342 e. The van der Waals surface area contributed by atoms with Crippen molar-refractivity contribution in [2.24, 2.45) is 0 Å². The Morgan fingerprint density at radius 2 is 1.90 bits per heavy atom. The highest BCUT2D eigenvalue weighted by Gasteiger charge is 2.18. The Hall–Kier alpha value is -2.90. The fourth-order valence-corrected chi connectivity index (χ4v) is 3.78. The van der Waals surface area contributed by atoms with Gasteiger partial charge in [0.25, 0.3) is 0 Å². The highest BCUT2D eigenvalue weighted by Crippen LogP contribution is 2.34. The van der Waals surface area contributed by atoms with Gasteiger partial charge in [-0.3, -0.25) is 4.98 Å². The number of hydrogen-bond donors (Lipinski definition) is 2. The number of benzene rings is 1. The normalized spacial score (nSPS) is 14.2. The van der Waals surface area contributed by atoms with Crippen LogP contribution in [0.3, 0.4) is 0 Å². The van der Waals surface area contributed by atoms with Crippen molar-refractivity contribution in [3.63, 3.8) is 0 Å². The van der Waals surface area contributed by atoms with Crippen LogP contribution in [-0.4, -0.2) is 57.0 Å². The number of phenolic OH excluding ortho intramolecular Hbond substituents is 1. The molecule has 3 aromatic rings. The summed E-state index contributed by atoms with van der Waals surface area (Å²) in [7, 11) is 0. The van der Waals surface area contributed by atoms with Crippen LogP contribution in [0.4, 0.5) is 4.79 Å². The Bertz CT molecular complexity index is 979. The number of rotatable bonds is 5. The minimum absolute atomic E-state index is 0.0396. The standard InChI is InChI=1S/C21H22ClN5O2/c22-17-11-16(12-18(28)13-17)20-19(15-3-5-23-6-4-15)14-27(25-20)21(29)24-7-10-26-8-1-2-9-26/h3-6,11-14,28H,1-2,7-10H2,(H,24,29). The van der Waals surface area contributed by atoms with Gasteiger partial charge >= 0.3 is 6.03 Å². The van der Waals surface area contributed by atoms with Crippen molar-refractivity contribution in [3.8, 4) is 28.1 Å². The van der Waals surface area contributed by atoms with E-state index >= 15 is 0 Å². The Kier molecular flexibility index (Phi) is 5.78. The highest BCUT2D eigenvalue weighted by atomic mass is 35.5. The van der Waals surface area contributed by atoms with Gasteiger partial charge in [-0.25, -0.2) is 4.79 Å². The lowest BCUT2D eigenvalue weighted by molar-refractivity contribution is 0.237. The molecule has 0 saturated carbocycles. The molecule has 1 amide bonds. The molecule has 0 aliphatic carbocycles. The van der Waals surface area contributed by atoms with E-state index < -0.39 is 0 Å². The van der Waals surface area contributed by atoms with Crippen molar-refractivity contribution in [1.82, 2.24) is 25.0 Å². The summed E-state index contributed by atoms with van der Waals surface area (Å²) in [5, 5.41) is 17.7. The lowest BCUT2D eigenvalue weighted by atomic mass is 10.0. The average molecular weight is 412 g/mol. The number of nitrogens with zero attached hydrogens (tertiary/aromatic N) is 4. The molecule has 0 bridgehead atoms. The topological polar surface area (TPSA) is 83.3 Å². The van der Waals surface area contributed by atoms with Gasteiger partial charge in [0.2, 0.25) is 0 Å². The van der Waals surface area contributed by atoms with E-state index in [9.17, 15) is 9.90 Å². The van der Waals surface area contributed by atoms with E-state index in [0.29, 0.717) is 22.8 Å². The quantitative estimate of drug-likeness (QED) is 0.669. The van der Waals surface area contributed by atoms with Crippen LogP contribution >= 0.6 is 11.6 Å². The van der Waals surface area contributed by atoms with Crippen molar-refractivity contribution < 1.29 is 9.90 Å². The summed E-state index contributed by atoms with van der Waals surface area (Å²) < 4.78 is 1.30. The monoisotopic (exact) mass is 411 g/mol. The number of aromatic nitrogens is 3. The summed E-state index contributed by atoms with van der Waals surface area (Å²) in [5.41, 5.74) is 2.81. The van der Waals surface area contributed by atoms with E-state index in [1.54, 1.807) is 30.7 Å². The van der Waals surface area contributed by atoms with Gasteiger partial charge in [0.1, 0.15) is 11.4 Å². The van der Waals surface area contributed by atoms with Crippen molar-refractivity contribution in [1.29, 1.82) is 0 Å². The zero-order valence-corrected chi connectivity index (χ0v) is 16.6. The van der Waals surface area contributed by atoms with Crippen molar-refractivity contribution in [2.75, 3.05) is 26.2 Å². The van der Waals surface area contributed by atoms with Crippen LogP contribution in [0.1, 0.15) is 12.8 Å². The maximum atomic E-state index is 12.7. The van der Waals surface area contributed by atoms with Crippen LogP contribution in [-0.2, 0) is 0 Å². The van der Waals surface area contributed by atoms with E-state index in [2.05, 4.69) is 20.3 Å². The number of amides is 1. The predicted octanol–water partition coefficient (Wildman–Crippen LogP) is 3.62. The number of halogens is 1. The number of aromatic hydroxyl groups is 1. The van der Waals surface area contributed by atoms with Crippen molar-refractivity contribution >= 4 is 17.6 Å². The van der Waals surface area contributed by atoms with Gasteiger partial charge in [-0.05, 0) is 61.8 Å². The molecule has 0 spiro atoms. The Morgan fingerprint density at radius 3 is 2.62 bits per heavy atom. The molecule has 1 aromatic carbocycles. The number of likely N-dealkylation sites (tertiary alicyclic amines) is 1. The fraction of sp³-hybridized carbons (Fsp3) is 0.286. The molecule has 2 aromatic heterocycles. The summed E-state index contributed by atoms with van der Waals surface area (Å²) in [4.78, 5) is 19.1. The molecule has 1 fully saturated rings. The summed E-state index contributed by atoms with van der Waals surface area (Å²) >= 11 is 6.11. The molecule has 4 rings (SSSR count). The van der Waals surface area contributed by atoms with E-state index in [4.69, 9.17) is 11.6 Å². The molecule has 2 N–H and O–H groups in total. The molecule has 7 nitrogen and oxygen atoms in total. The Balaban J connectivity index is 1.61. The van der Waals surface area contributed by atoms with Crippen LogP contribution in [0, 0.1) is 0 Å². The third-order valence-corrected chi connectivity index (χ3v) is 5.19. The first-order valence-corrected chi connectivity index (χ1v) is 9.98. The minimum atomic E-state index is -0.294. The van der Waals surface area contributed by atoms with Crippen molar-refractivity contribution in [3.05, 3.63) is 53.9 Å². The summed E-state index contributed by atoms with van der Waals surface area (Å²) in [5.74, 6) is 0.0396. The summed E-state index contributed by atoms with van der Waals surface area (Å²) in [6.45, 7) is 3.58. The second-order valence-corrected chi connectivity index (χ2v) is 7.49. The van der Waals surface area contributed by atoms with Crippen LogP contribution < -0.4 is 5.32 Å². The Labute approximate surface area is 173 Å². The molecule has 0 atom stereocenters. The molecule has 0 unspecified atom stereocenters. The van der Waals surface area contributed by atoms with Gasteiger partial charge in [0.05, 0.1) is 0 Å². The van der Waals surface area contributed by atoms with Gasteiger partial charge in [0, 0.05) is 47.8 Å². The zero-order valence-electron chi connectivity index (χ0n) is 15.9. The second-order valence-electron chi connectivity index (χ2n) is 7.05. The molecule has 8 heteroatoms. The fourth-order valence-electron chi connectivity index (χ4n) is 3.55. The first-order valence-electron chi connectivity index (χ1n) is 9.61. The number of phenols is 1. The van der Waals surface area contributed by atoms with E-state index in [-0.39, 0.29) is 11.8 Å². The Morgan fingerprint density at radius 1 is 1.14 bits per heavy atom. The van der Waals surface area contributed by atoms with Crippen LogP contribution in [0.5, 0.6) is 5.75 Å². The predicted molar refractivity (Wildman–Crippen MR) is 112 cm³/mol. The van der Waals surface area contributed by atoms with Crippen LogP contribution in [0.2, 0.25) is 5.02 Å². The third-order valence-electron chi connectivity index (χ3n) is 4.97. The van der Waals surface area contributed by atoms with E-state index in [1.807, 2.05) is 12.1 Å². The molecule has 0 radical (unpaired) electrons. The van der Waals surface area contributed by atoms with Crippen LogP contribution in [0.15, 0.2) is 48.9 Å². The zero-order chi connectivity index (χ0) is 20.2. The van der Waals surface area contributed by atoms with Crippen molar-refractivity contribution in [2.45, 2.75) is 12.8 Å². The van der Waals surface area contributed by atoms with Crippen LogP contribution in [0.25, 0.3) is 22.4 Å². The number of hydrogen-bond acceptors (Lipinski definition) is 5. The first-order chi connectivity index (χ1) is 14.1. The lowest BCUT2D eigenvalue weighted by Gasteiger charge is -2.14.